The maximum atomic E-state index is 12.3. The molecule has 120 valence electrons. The van der Waals surface area contributed by atoms with Gasteiger partial charge in [-0.05, 0) is 35.9 Å². The molecule has 0 aliphatic carbocycles. The number of methoxy groups -OCH3 is 1. The molecule has 2 rings (SSSR count). The largest absolute Gasteiger partial charge is 0.467 e. The van der Waals surface area contributed by atoms with Gasteiger partial charge in [-0.2, -0.15) is 0 Å². The minimum Gasteiger partial charge on any atom is -0.467 e. The van der Waals surface area contributed by atoms with Crippen molar-refractivity contribution in [2.24, 2.45) is 0 Å². The normalized spacial score (nSPS) is 11.6. The quantitative estimate of drug-likeness (QED) is 0.786. The lowest BCUT2D eigenvalue weighted by atomic mass is 10.1. The molecule has 0 saturated heterocycles. The molecule has 1 amide bonds. The lowest BCUT2D eigenvalue weighted by Crippen LogP contribution is -2.43. The first-order valence-corrected chi connectivity index (χ1v) is 8.05. The number of amides is 1. The third-order valence-corrected chi connectivity index (χ3v) is 3.98. The summed E-state index contributed by atoms with van der Waals surface area (Å²) in [6.45, 7) is 0. The summed E-state index contributed by atoms with van der Waals surface area (Å²) in [6, 6.07) is 13.3. The van der Waals surface area contributed by atoms with Crippen LogP contribution < -0.4 is 5.32 Å². The third kappa shape index (κ3) is 5.08. The van der Waals surface area contributed by atoms with Gasteiger partial charge in [-0.3, -0.25) is 4.79 Å². The van der Waals surface area contributed by atoms with E-state index in [9.17, 15) is 9.59 Å². The first-order valence-electron chi connectivity index (χ1n) is 6.88. The van der Waals surface area contributed by atoms with Gasteiger partial charge in [0.1, 0.15) is 6.04 Å². The van der Waals surface area contributed by atoms with Crippen LogP contribution in [0.4, 0.5) is 0 Å². The molecule has 1 N–H and O–H groups in total. The van der Waals surface area contributed by atoms with Crippen LogP contribution in [0.3, 0.4) is 0 Å². The van der Waals surface area contributed by atoms with Crippen LogP contribution in [0.2, 0.25) is 5.02 Å². The fourth-order valence-electron chi connectivity index (χ4n) is 2.06. The average molecular weight is 397 g/mol. The molecular weight excluding hydrogens is 382 g/mol. The summed E-state index contributed by atoms with van der Waals surface area (Å²) in [5.74, 6) is -0.834. The summed E-state index contributed by atoms with van der Waals surface area (Å²) in [5, 5.41) is 3.32. The number of halogens is 2. The number of benzene rings is 2. The second-order valence-electron chi connectivity index (χ2n) is 4.89. The number of hydrogen-bond donors (Lipinski definition) is 1. The van der Waals surface area contributed by atoms with Crippen LogP contribution in [0.15, 0.2) is 53.0 Å². The summed E-state index contributed by atoms with van der Waals surface area (Å²) in [6.07, 6.45) is 0.323. The Morgan fingerprint density at radius 1 is 1.22 bits per heavy atom. The highest BCUT2D eigenvalue weighted by molar-refractivity contribution is 9.10. The maximum absolute atomic E-state index is 12.3. The van der Waals surface area contributed by atoms with Crippen molar-refractivity contribution < 1.29 is 14.3 Å². The molecule has 0 aliphatic rings. The lowest BCUT2D eigenvalue weighted by molar-refractivity contribution is -0.142. The van der Waals surface area contributed by atoms with Crippen LogP contribution in [0.1, 0.15) is 15.9 Å². The fourth-order valence-corrected chi connectivity index (χ4v) is 2.59. The molecule has 0 aromatic heterocycles. The Bertz CT molecular complexity index is 703. The molecule has 0 bridgehead atoms. The van der Waals surface area contributed by atoms with Gasteiger partial charge in [0.05, 0.1) is 7.11 Å². The van der Waals surface area contributed by atoms with Gasteiger partial charge in [-0.1, -0.05) is 45.7 Å². The molecule has 2 aromatic rings. The second-order valence-corrected chi connectivity index (χ2v) is 6.24. The molecule has 6 heteroatoms. The number of carbonyl (C=O) groups excluding carboxylic acids is 2. The van der Waals surface area contributed by atoms with E-state index in [2.05, 4.69) is 21.2 Å². The summed E-state index contributed by atoms with van der Waals surface area (Å²) in [4.78, 5) is 24.3. The van der Waals surface area contributed by atoms with Gasteiger partial charge in [-0.25, -0.2) is 4.79 Å². The van der Waals surface area contributed by atoms with Crippen molar-refractivity contribution in [2.75, 3.05) is 7.11 Å². The molecule has 2 aromatic carbocycles. The molecule has 0 unspecified atom stereocenters. The summed E-state index contributed by atoms with van der Waals surface area (Å²) < 4.78 is 5.57. The molecule has 0 heterocycles. The lowest BCUT2D eigenvalue weighted by Gasteiger charge is -2.17. The van der Waals surface area contributed by atoms with Gasteiger partial charge in [-0.15, -0.1) is 0 Å². The van der Waals surface area contributed by atoms with Gasteiger partial charge in [0, 0.05) is 21.5 Å². The zero-order valence-electron chi connectivity index (χ0n) is 12.4. The number of ether oxygens (including phenoxy) is 1. The van der Waals surface area contributed by atoms with Crippen LogP contribution >= 0.6 is 27.5 Å². The zero-order valence-corrected chi connectivity index (χ0v) is 14.7. The molecule has 1 atom stereocenters. The van der Waals surface area contributed by atoms with E-state index in [1.807, 2.05) is 18.2 Å². The average Bonchev–Trinajstić information content (AvgIpc) is 2.55. The first kappa shape index (κ1) is 17.5. The van der Waals surface area contributed by atoms with E-state index < -0.39 is 12.0 Å². The minimum absolute atomic E-state index is 0.323. The molecule has 0 saturated carbocycles. The predicted octanol–water partition coefficient (Wildman–Crippen LogP) is 3.62. The highest BCUT2D eigenvalue weighted by atomic mass is 79.9. The Morgan fingerprint density at radius 3 is 2.52 bits per heavy atom. The van der Waals surface area contributed by atoms with Crippen molar-refractivity contribution in [3.63, 3.8) is 0 Å². The summed E-state index contributed by atoms with van der Waals surface area (Å²) in [5.41, 5.74) is 1.34. The fraction of sp³-hybridized carbons (Fsp3) is 0.176. The molecule has 0 fully saturated rings. The number of carbonyl (C=O) groups is 2. The number of rotatable bonds is 5. The molecule has 23 heavy (non-hydrogen) atoms. The van der Waals surface area contributed by atoms with E-state index in [0.717, 1.165) is 10.0 Å². The van der Waals surface area contributed by atoms with Crippen LogP contribution in [0.25, 0.3) is 0 Å². The van der Waals surface area contributed by atoms with Gasteiger partial charge in [0.25, 0.3) is 5.91 Å². The van der Waals surface area contributed by atoms with E-state index in [1.54, 1.807) is 30.3 Å². The van der Waals surface area contributed by atoms with Gasteiger partial charge >= 0.3 is 5.97 Å². The Morgan fingerprint density at radius 2 is 1.91 bits per heavy atom. The minimum atomic E-state index is -0.771. The molecule has 0 spiro atoms. The number of nitrogens with one attached hydrogen (secondary N) is 1. The third-order valence-electron chi connectivity index (χ3n) is 3.23. The van der Waals surface area contributed by atoms with Crippen LogP contribution in [0.5, 0.6) is 0 Å². The van der Waals surface area contributed by atoms with E-state index in [4.69, 9.17) is 16.3 Å². The topological polar surface area (TPSA) is 55.4 Å². The summed E-state index contributed by atoms with van der Waals surface area (Å²) in [7, 11) is 1.29. The zero-order chi connectivity index (χ0) is 16.8. The van der Waals surface area contributed by atoms with E-state index in [1.165, 1.54) is 7.11 Å². The predicted molar refractivity (Wildman–Crippen MR) is 92.6 cm³/mol. The van der Waals surface area contributed by atoms with Crippen molar-refractivity contribution in [1.29, 1.82) is 0 Å². The molecule has 4 nitrogen and oxygen atoms in total. The standard InChI is InChI=1S/C17H15BrClNO3/c1-23-17(22)15(9-11-5-7-14(19)8-6-11)20-16(21)12-3-2-4-13(18)10-12/h2-8,10,15H,9H2,1H3,(H,20,21)/t15-/m1/s1. The number of hydrogen-bond acceptors (Lipinski definition) is 3. The van der Waals surface area contributed by atoms with E-state index >= 15 is 0 Å². The Hall–Kier alpha value is -1.85. The van der Waals surface area contributed by atoms with Gasteiger partial charge in [0.15, 0.2) is 0 Å². The van der Waals surface area contributed by atoms with Crippen molar-refractivity contribution >= 4 is 39.4 Å². The van der Waals surface area contributed by atoms with Crippen molar-refractivity contribution in [3.8, 4) is 0 Å². The first-order chi connectivity index (χ1) is 11.0. The van der Waals surface area contributed by atoms with Crippen molar-refractivity contribution in [2.45, 2.75) is 12.5 Å². The van der Waals surface area contributed by atoms with E-state index in [-0.39, 0.29) is 5.91 Å². The molecule has 0 radical (unpaired) electrons. The Labute approximate surface area is 147 Å². The van der Waals surface area contributed by atoms with Crippen LogP contribution in [-0.4, -0.2) is 25.0 Å². The SMILES string of the molecule is COC(=O)[C@@H](Cc1ccc(Cl)cc1)NC(=O)c1cccc(Br)c1. The Balaban J connectivity index is 2.13. The smallest absolute Gasteiger partial charge is 0.328 e. The maximum Gasteiger partial charge on any atom is 0.328 e. The summed E-state index contributed by atoms with van der Waals surface area (Å²) >= 11 is 9.17. The second kappa shape index (κ2) is 8.13. The van der Waals surface area contributed by atoms with Crippen LogP contribution in [0, 0.1) is 0 Å². The monoisotopic (exact) mass is 395 g/mol. The van der Waals surface area contributed by atoms with E-state index in [0.29, 0.717) is 17.0 Å². The molecule has 0 aliphatic heterocycles. The molecular formula is C17H15BrClNO3. The van der Waals surface area contributed by atoms with Crippen molar-refractivity contribution in [1.82, 2.24) is 5.32 Å². The van der Waals surface area contributed by atoms with Gasteiger partial charge < -0.3 is 10.1 Å². The van der Waals surface area contributed by atoms with Gasteiger partial charge in [0.2, 0.25) is 0 Å². The highest BCUT2D eigenvalue weighted by Gasteiger charge is 2.22. The number of esters is 1. The van der Waals surface area contributed by atoms with Crippen molar-refractivity contribution in [3.05, 3.63) is 69.2 Å². The highest BCUT2D eigenvalue weighted by Crippen LogP contribution is 2.14. The Kier molecular flexibility index (Phi) is 6.19. The van der Waals surface area contributed by atoms with Crippen LogP contribution in [-0.2, 0) is 16.0 Å².